The SMILES string of the molecule is CCNCc1nc(-c2ccccc2Cl)c(C)[nH]1. The van der Waals surface area contributed by atoms with Crippen LogP contribution in [0.4, 0.5) is 0 Å². The van der Waals surface area contributed by atoms with Gasteiger partial charge in [-0.2, -0.15) is 0 Å². The minimum absolute atomic E-state index is 0.733. The Morgan fingerprint density at radius 2 is 2.12 bits per heavy atom. The highest BCUT2D eigenvalue weighted by molar-refractivity contribution is 6.33. The van der Waals surface area contributed by atoms with Crippen LogP contribution >= 0.6 is 11.6 Å². The van der Waals surface area contributed by atoms with E-state index in [4.69, 9.17) is 11.6 Å². The van der Waals surface area contributed by atoms with Gasteiger partial charge >= 0.3 is 0 Å². The number of aryl methyl sites for hydroxylation is 1. The minimum Gasteiger partial charge on any atom is -0.344 e. The molecule has 0 aliphatic carbocycles. The van der Waals surface area contributed by atoms with Crippen molar-refractivity contribution in [1.82, 2.24) is 15.3 Å². The van der Waals surface area contributed by atoms with Gasteiger partial charge in [0.2, 0.25) is 0 Å². The van der Waals surface area contributed by atoms with Gasteiger partial charge in [0, 0.05) is 11.3 Å². The molecule has 0 amide bonds. The molecule has 0 atom stereocenters. The van der Waals surface area contributed by atoms with Gasteiger partial charge in [-0.25, -0.2) is 4.98 Å². The predicted molar refractivity (Wildman–Crippen MR) is 71.2 cm³/mol. The number of hydrogen-bond acceptors (Lipinski definition) is 2. The van der Waals surface area contributed by atoms with Crippen LogP contribution in [0, 0.1) is 6.92 Å². The molecule has 0 unspecified atom stereocenters. The summed E-state index contributed by atoms with van der Waals surface area (Å²) in [6.45, 7) is 5.77. The molecule has 2 N–H and O–H groups in total. The third kappa shape index (κ3) is 2.68. The van der Waals surface area contributed by atoms with E-state index < -0.39 is 0 Å². The van der Waals surface area contributed by atoms with Crippen molar-refractivity contribution in [2.75, 3.05) is 6.54 Å². The second-order valence-electron chi connectivity index (χ2n) is 3.92. The Hall–Kier alpha value is -1.32. The van der Waals surface area contributed by atoms with Crippen molar-refractivity contribution < 1.29 is 0 Å². The lowest BCUT2D eigenvalue weighted by Gasteiger charge is -2.00. The second-order valence-corrected chi connectivity index (χ2v) is 4.32. The van der Waals surface area contributed by atoms with Gasteiger partial charge in [-0.05, 0) is 19.5 Å². The van der Waals surface area contributed by atoms with Crippen molar-refractivity contribution >= 4 is 11.6 Å². The largest absolute Gasteiger partial charge is 0.344 e. The first kappa shape index (κ1) is 12.1. The van der Waals surface area contributed by atoms with Crippen LogP contribution in [0.5, 0.6) is 0 Å². The van der Waals surface area contributed by atoms with E-state index in [0.29, 0.717) is 0 Å². The summed E-state index contributed by atoms with van der Waals surface area (Å²) in [7, 11) is 0. The average molecular weight is 250 g/mol. The fourth-order valence-corrected chi connectivity index (χ4v) is 1.99. The molecule has 1 heterocycles. The molecule has 3 nitrogen and oxygen atoms in total. The van der Waals surface area contributed by atoms with Gasteiger partial charge in [-0.1, -0.05) is 36.7 Å². The second kappa shape index (κ2) is 5.34. The number of hydrogen-bond donors (Lipinski definition) is 2. The summed E-state index contributed by atoms with van der Waals surface area (Å²) in [5, 5.41) is 3.98. The first-order valence-electron chi connectivity index (χ1n) is 5.73. The van der Waals surface area contributed by atoms with E-state index in [9.17, 15) is 0 Å². The van der Waals surface area contributed by atoms with Crippen molar-refractivity contribution in [3.63, 3.8) is 0 Å². The lowest BCUT2D eigenvalue weighted by molar-refractivity contribution is 0.697. The number of aromatic amines is 1. The Kier molecular flexibility index (Phi) is 3.82. The smallest absolute Gasteiger partial charge is 0.121 e. The first-order chi connectivity index (χ1) is 8.22. The Morgan fingerprint density at radius 1 is 1.35 bits per heavy atom. The summed E-state index contributed by atoms with van der Waals surface area (Å²) < 4.78 is 0. The fraction of sp³-hybridized carbons (Fsp3) is 0.308. The molecule has 1 aromatic heterocycles. The zero-order valence-electron chi connectivity index (χ0n) is 10.0. The Morgan fingerprint density at radius 3 is 2.82 bits per heavy atom. The number of benzene rings is 1. The number of H-pyrrole nitrogens is 1. The number of imidazole rings is 1. The molecular formula is C13H16ClN3. The standard InChI is InChI=1S/C13H16ClN3/c1-3-15-8-12-16-9(2)13(17-12)10-6-4-5-7-11(10)14/h4-7,15H,3,8H2,1-2H3,(H,16,17). The van der Waals surface area contributed by atoms with E-state index in [2.05, 4.69) is 22.2 Å². The third-order valence-electron chi connectivity index (χ3n) is 2.61. The maximum atomic E-state index is 6.17. The molecular weight excluding hydrogens is 234 g/mol. The summed E-state index contributed by atoms with van der Waals surface area (Å²) >= 11 is 6.17. The molecule has 0 saturated heterocycles. The highest BCUT2D eigenvalue weighted by Gasteiger charge is 2.11. The number of aromatic nitrogens is 2. The maximum absolute atomic E-state index is 6.17. The van der Waals surface area contributed by atoms with Gasteiger partial charge in [0.05, 0.1) is 17.3 Å². The molecule has 1 aromatic carbocycles. The lowest BCUT2D eigenvalue weighted by atomic mass is 10.1. The van der Waals surface area contributed by atoms with Gasteiger partial charge in [0.1, 0.15) is 5.82 Å². The van der Waals surface area contributed by atoms with E-state index in [0.717, 1.165) is 40.9 Å². The van der Waals surface area contributed by atoms with E-state index >= 15 is 0 Å². The fourth-order valence-electron chi connectivity index (χ4n) is 1.77. The van der Waals surface area contributed by atoms with Crippen molar-refractivity contribution in [3.8, 4) is 11.3 Å². The number of halogens is 1. The van der Waals surface area contributed by atoms with Gasteiger partial charge in [-0.3, -0.25) is 0 Å². The van der Waals surface area contributed by atoms with Crippen LogP contribution in [-0.2, 0) is 6.54 Å². The molecule has 0 fully saturated rings. The minimum atomic E-state index is 0.733. The van der Waals surface area contributed by atoms with Crippen molar-refractivity contribution in [2.45, 2.75) is 20.4 Å². The molecule has 17 heavy (non-hydrogen) atoms. The molecule has 0 bridgehead atoms. The third-order valence-corrected chi connectivity index (χ3v) is 2.93. The van der Waals surface area contributed by atoms with Crippen molar-refractivity contribution in [2.24, 2.45) is 0 Å². The topological polar surface area (TPSA) is 40.7 Å². The molecule has 0 aliphatic heterocycles. The molecule has 0 aliphatic rings. The summed E-state index contributed by atoms with van der Waals surface area (Å²) in [5.74, 6) is 0.944. The van der Waals surface area contributed by atoms with Crippen LogP contribution < -0.4 is 5.32 Å². The first-order valence-corrected chi connectivity index (χ1v) is 6.11. The van der Waals surface area contributed by atoms with Gasteiger partial charge in [0.25, 0.3) is 0 Å². The predicted octanol–water partition coefficient (Wildman–Crippen LogP) is 3.15. The number of rotatable bonds is 4. The summed E-state index contributed by atoms with van der Waals surface area (Å²) in [5.41, 5.74) is 2.96. The monoisotopic (exact) mass is 249 g/mol. The molecule has 2 rings (SSSR count). The Balaban J connectivity index is 2.33. The highest BCUT2D eigenvalue weighted by atomic mass is 35.5. The molecule has 90 valence electrons. The zero-order chi connectivity index (χ0) is 12.3. The summed E-state index contributed by atoms with van der Waals surface area (Å²) in [4.78, 5) is 7.85. The number of nitrogens with one attached hydrogen (secondary N) is 2. The molecule has 2 aromatic rings. The number of nitrogens with zero attached hydrogens (tertiary/aromatic N) is 1. The molecule has 0 radical (unpaired) electrons. The Bertz CT molecular complexity index is 505. The Labute approximate surface area is 106 Å². The van der Waals surface area contributed by atoms with E-state index in [1.54, 1.807) is 0 Å². The average Bonchev–Trinajstić information content (AvgIpc) is 2.68. The van der Waals surface area contributed by atoms with E-state index in [1.165, 1.54) is 0 Å². The van der Waals surface area contributed by atoms with Gasteiger partial charge in [0.15, 0.2) is 0 Å². The molecule has 0 spiro atoms. The lowest BCUT2D eigenvalue weighted by Crippen LogP contribution is -2.12. The van der Waals surface area contributed by atoms with Crippen LogP contribution in [0.2, 0.25) is 5.02 Å². The van der Waals surface area contributed by atoms with E-state index in [-0.39, 0.29) is 0 Å². The van der Waals surface area contributed by atoms with Crippen LogP contribution in [0.15, 0.2) is 24.3 Å². The van der Waals surface area contributed by atoms with Crippen molar-refractivity contribution in [3.05, 3.63) is 40.8 Å². The normalized spacial score (nSPS) is 10.8. The van der Waals surface area contributed by atoms with Gasteiger partial charge < -0.3 is 10.3 Å². The van der Waals surface area contributed by atoms with Crippen LogP contribution in [0.25, 0.3) is 11.3 Å². The maximum Gasteiger partial charge on any atom is 0.121 e. The highest BCUT2D eigenvalue weighted by Crippen LogP contribution is 2.28. The van der Waals surface area contributed by atoms with Crippen LogP contribution in [0.3, 0.4) is 0 Å². The molecule has 0 saturated carbocycles. The zero-order valence-corrected chi connectivity index (χ0v) is 10.8. The van der Waals surface area contributed by atoms with Crippen LogP contribution in [0.1, 0.15) is 18.4 Å². The van der Waals surface area contributed by atoms with E-state index in [1.807, 2.05) is 31.2 Å². The quantitative estimate of drug-likeness (QED) is 0.874. The summed E-state index contributed by atoms with van der Waals surface area (Å²) in [6, 6.07) is 7.77. The van der Waals surface area contributed by atoms with Crippen LogP contribution in [-0.4, -0.2) is 16.5 Å². The summed E-state index contributed by atoms with van der Waals surface area (Å²) in [6.07, 6.45) is 0. The van der Waals surface area contributed by atoms with Crippen molar-refractivity contribution in [1.29, 1.82) is 0 Å². The van der Waals surface area contributed by atoms with Gasteiger partial charge in [-0.15, -0.1) is 0 Å². The molecule has 4 heteroatoms.